The highest BCUT2D eigenvalue weighted by Gasteiger charge is 2.15. The molecule has 0 atom stereocenters. The largest absolute Gasteiger partial charge is 0.465 e. The van der Waals surface area contributed by atoms with Crippen LogP contribution in [0.1, 0.15) is 10.4 Å². The molecule has 0 aromatic heterocycles. The zero-order valence-electron chi connectivity index (χ0n) is 12.4. The maximum absolute atomic E-state index is 13.0. The molecule has 0 saturated carbocycles. The predicted octanol–water partition coefficient (Wildman–Crippen LogP) is 2.84. The third-order valence-electron chi connectivity index (χ3n) is 2.95. The van der Waals surface area contributed by atoms with Crippen LogP contribution in [-0.2, 0) is 14.3 Å². The van der Waals surface area contributed by atoms with Gasteiger partial charge in [0.1, 0.15) is 5.82 Å². The SMILES string of the molecule is COC(=O)c1ccc(NC(=O)C(=O)Nc2ccc(F)c(Cl)c2)cc1. The number of anilines is 2. The van der Waals surface area contributed by atoms with Crippen LogP contribution in [0.3, 0.4) is 0 Å². The van der Waals surface area contributed by atoms with E-state index in [2.05, 4.69) is 15.4 Å². The van der Waals surface area contributed by atoms with Gasteiger partial charge in [0.25, 0.3) is 0 Å². The molecule has 2 N–H and O–H groups in total. The van der Waals surface area contributed by atoms with Crippen molar-refractivity contribution >= 4 is 40.8 Å². The lowest BCUT2D eigenvalue weighted by molar-refractivity contribution is -0.132. The van der Waals surface area contributed by atoms with Gasteiger partial charge in [0.2, 0.25) is 0 Å². The molecule has 0 spiro atoms. The Kier molecular flexibility index (Phi) is 5.49. The van der Waals surface area contributed by atoms with Gasteiger partial charge in [0.05, 0.1) is 17.7 Å². The molecule has 0 saturated heterocycles. The number of ether oxygens (including phenoxy) is 1. The number of hydrogen-bond acceptors (Lipinski definition) is 4. The van der Waals surface area contributed by atoms with Crippen LogP contribution in [-0.4, -0.2) is 24.9 Å². The molecule has 0 heterocycles. The van der Waals surface area contributed by atoms with Crippen LogP contribution < -0.4 is 10.6 Å². The molecule has 2 aromatic carbocycles. The van der Waals surface area contributed by atoms with Gasteiger partial charge in [-0.15, -0.1) is 0 Å². The first kappa shape index (κ1) is 17.4. The molecule has 0 aliphatic rings. The molecular weight excluding hydrogens is 339 g/mol. The monoisotopic (exact) mass is 350 g/mol. The van der Waals surface area contributed by atoms with E-state index in [-0.39, 0.29) is 10.7 Å². The van der Waals surface area contributed by atoms with Crippen LogP contribution in [0.4, 0.5) is 15.8 Å². The zero-order valence-corrected chi connectivity index (χ0v) is 13.2. The number of hydrogen-bond donors (Lipinski definition) is 2. The van der Waals surface area contributed by atoms with E-state index in [9.17, 15) is 18.8 Å². The van der Waals surface area contributed by atoms with Crippen LogP contribution in [0.15, 0.2) is 42.5 Å². The van der Waals surface area contributed by atoms with Gasteiger partial charge in [-0.3, -0.25) is 9.59 Å². The Morgan fingerprint density at radius 2 is 1.50 bits per heavy atom. The summed E-state index contributed by atoms with van der Waals surface area (Å²) in [5, 5.41) is 4.48. The van der Waals surface area contributed by atoms with Crippen molar-refractivity contribution in [3.63, 3.8) is 0 Å². The molecule has 2 amide bonds. The summed E-state index contributed by atoms with van der Waals surface area (Å²) in [6.45, 7) is 0. The third kappa shape index (κ3) is 4.30. The third-order valence-corrected chi connectivity index (χ3v) is 3.24. The number of halogens is 2. The van der Waals surface area contributed by atoms with Crippen molar-refractivity contribution in [1.29, 1.82) is 0 Å². The lowest BCUT2D eigenvalue weighted by atomic mass is 10.2. The summed E-state index contributed by atoms with van der Waals surface area (Å²) in [6, 6.07) is 9.32. The molecule has 0 aliphatic heterocycles. The summed E-state index contributed by atoms with van der Waals surface area (Å²) >= 11 is 5.59. The van der Waals surface area contributed by atoms with E-state index in [1.54, 1.807) is 0 Å². The normalized spacial score (nSPS) is 9.96. The lowest BCUT2D eigenvalue weighted by Gasteiger charge is -2.07. The van der Waals surface area contributed by atoms with Gasteiger partial charge in [0.15, 0.2) is 0 Å². The standard InChI is InChI=1S/C16H12ClFN2O4/c1-24-16(23)9-2-4-10(5-3-9)19-14(21)15(22)20-11-6-7-13(18)12(17)8-11/h2-8H,1H3,(H,19,21)(H,20,22). The first-order chi connectivity index (χ1) is 11.4. The number of methoxy groups -OCH3 is 1. The second-order valence-corrected chi connectivity index (χ2v) is 5.01. The number of carbonyl (C=O) groups is 3. The fourth-order valence-electron chi connectivity index (χ4n) is 1.76. The number of benzene rings is 2. The molecule has 2 rings (SSSR count). The first-order valence-corrected chi connectivity index (χ1v) is 7.04. The second kappa shape index (κ2) is 7.56. The highest BCUT2D eigenvalue weighted by Crippen LogP contribution is 2.19. The summed E-state index contributed by atoms with van der Waals surface area (Å²) in [7, 11) is 1.25. The van der Waals surface area contributed by atoms with E-state index < -0.39 is 23.6 Å². The fourth-order valence-corrected chi connectivity index (χ4v) is 1.94. The Morgan fingerprint density at radius 1 is 0.958 bits per heavy atom. The van der Waals surface area contributed by atoms with E-state index in [0.29, 0.717) is 11.3 Å². The molecule has 6 nitrogen and oxygen atoms in total. The molecule has 24 heavy (non-hydrogen) atoms. The minimum Gasteiger partial charge on any atom is -0.465 e. The van der Waals surface area contributed by atoms with Crippen molar-refractivity contribution in [3.8, 4) is 0 Å². The van der Waals surface area contributed by atoms with Crippen molar-refractivity contribution in [2.45, 2.75) is 0 Å². The Bertz CT molecular complexity index is 793. The number of nitrogens with one attached hydrogen (secondary N) is 2. The molecular formula is C16H12ClFN2O4. The van der Waals surface area contributed by atoms with Crippen molar-refractivity contribution in [2.75, 3.05) is 17.7 Å². The summed E-state index contributed by atoms with van der Waals surface area (Å²) in [4.78, 5) is 34.9. The Balaban J connectivity index is 1.99. The predicted molar refractivity (Wildman–Crippen MR) is 86.5 cm³/mol. The van der Waals surface area contributed by atoms with Gasteiger partial charge in [-0.05, 0) is 42.5 Å². The molecule has 0 bridgehead atoms. The van der Waals surface area contributed by atoms with Crippen LogP contribution in [0.2, 0.25) is 5.02 Å². The van der Waals surface area contributed by atoms with Crippen molar-refractivity contribution < 1.29 is 23.5 Å². The van der Waals surface area contributed by atoms with Gasteiger partial charge >= 0.3 is 17.8 Å². The highest BCUT2D eigenvalue weighted by molar-refractivity contribution is 6.43. The fraction of sp³-hybridized carbons (Fsp3) is 0.0625. The summed E-state index contributed by atoms with van der Waals surface area (Å²) in [5.74, 6) is -3.03. The topological polar surface area (TPSA) is 84.5 Å². The second-order valence-electron chi connectivity index (χ2n) is 4.61. The van der Waals surface area contributed by atoms with E-state index in [4.69, 9.17) is 11.6 Å². The van der Waals surface area contributed by atoms with Crippen LogP contribution in [0, 0.1) is 5.82 Å². The number of carbonyl (C=O) groups excluding carboxylic acids is 3. The smallest absolute Gasteiger partial charge is 0.337 e. The molecule has 0 radical (unpaired) electrons. The number of esters is 1. The Morgan fingerprint density at radius 3 is 2.04 bits per heavy atom. The van der Waals surface area contributed by atoms with Gasteiger partial charge in [-0.1, -0.05) is 11.6 Å². The number of amides is 2. The maximum atomic E-state index is 13.0. The van der Waals surface area contributed by atoms with Gasteiger partial charge in [-0.25, -0.2) is 9.18 Å². The summed E-state index contributed by atoms with van der Waals surface area (Å²) in [6.07, 6.45) is 0. The maximum Gasteiger partial charge on any atom is 0.337 e. The van der Waals surface area contributed by atoms with Crippen LogP contribution in [0.5, 0.6) is 0 Å². The molecule has 8 heteroatoms. The van der Waals surface area contributed by atoms with E-state index in [0.717, 1.165) is 6.07 Å². The first-order valence-electron chi connectivity index (χ1n) is 6.66. The number of rotatable bonds is 3. The average Bonchev–Trinajstić information content (AvgIpc) is 2.58. The molecule has 0 unspecified atom stereocenters. The summed E-state index contributed by atoms with van der Waals surface area (Å²) in [5.41, 5.74) is 0.809. The van der Waals surface area contributed by atoms with E-state index in [1.807, 2.05) is 0 Å². The molecule has 2 aromatic rings. The summed E-state index contributed by atoms with van der Waals surface area (Å²) < 4.78 is 17.6. The lowest BCUT2D eigenvalue weighted by Crippen LogP contribution is -2.29. The molecule has 0 aliphatic carbocycles. The Hall–Kier alpha value is -2.93. The van der Waals surface area contributed by atoms with Gasteiger partial charge in [0, 0.05) is 11.4 Å². The van der Waals surface area contributed by atoms with Gasteiger partial charge in [-0.2, -0.15) is 0 Å². The van der Waals surface area contributed by atoms with Crippen molar-refractivity contribution in [1.82, 2.24) is 0 Å². The minimum absolute atomic E-state index is 0.174. The molecule has 124 valence electrons. The van der Waals surface area contributed by atoms with E-state index >= 15 is 0 Å². The highest BCUT2D eigenvalue weighted by atomic mass is 35.5. The Labute approximate surface area is 141 Å². The van der Waals surface area contributed by atoms with Crippen LogP contribution >= 0.6 is 11.6 Å². The van der Waals surface area contributed by atoms with Gasteiger partial charge < -0.3 is 15.4 Å². The quantitative estimate of drug-likeness (QED) is 0.658. The zero-order chi connectivity index (χ0) is 17.7. The van der Waals surface area contributed by atoms with Crippen molar-refractivity contribution in [3.05, 3.63) is 58.9 Å². The minimum atomic E-state index is -0.949. The van der Waals surface area contributed by atoms with Crippen molar-refractivity contribution in [2.24, 2.45) is 0 Å². The average molecular weight is 351 g/mol. The molecule has 0 fully saturated rings. The van der Waals surface area contributed by atoms with E-state index in [1.165, 1.54) is 43.5 Å². The van der Waals surface area contributed by atoms with Crippen LogP contribution in [0.25, 0.3) is 0 Å².